The molecule has 2 aromatic carbocycles. The van der Waals surface area contributed by atoms with Crippen LogP contribution < -0.4 is 19.9 Å². The lowest BCUT2D eigenvalue weighted by Crippen LogP contribution is -2.00. The third-order valence-corrected chi connectivity index (χ3v) is 2.96. The van der Waals surface area contributed by atoms with Crippen molar-refractivity contribution in [3.05, 3.63) is 42.0 Å². The number of methoxy groups -OCH3 is 2. The predicted octanol–water partition coefficient (Wildman–Crippen LogP) is 3.28. The van der Waals surface area contributed by atoms with Crippen LogP contribution in [0.3, 0.4) is 0 Å². The fourth-order valence-corrected chi connectivity index (χ4v) is 1.88. The zero-order valence-electron chi connectivity index (χ0n) is 12.2. The Balaban J connectivity index is 2.33. The Morgan fingerprint density at radius 1 is 0.905 bits per heavy atom. The molecule has 5 nitrogen and oxygen atoms in total. The van der Waals surface area contributed by atoms with E-state index in [0.29, 0.717) is 34.2 Å². The summed E-state index contributed by atoms with van der Waals surface area (Å²) < 4.78 is 16.1. The van der Waals surface area contributed by atoms with Crippen molar-refractivity contribution in [3.63, 3.8) is 0 Å². The van der Waals surface area contributed by atoms with Gasteiger partial charge in [0.15, 0.2) is 5.78 Å². The van der Waals surface area contributed by atoms with Crippen LogP contribution in [0.25, 0.3) is 0 Å². The lowest BCUT2D eigenvalue weighted by molar-refractivity contribution is 0.101. The summed E-state index contributed by atoms with van der Waals surface area (Å²) in [4.78, 5) is 11.5. The Bertz CT molecular complexity index is 645. The minimum atomic E-state index is -0.110. The van der Waals surface area contributed by atoms with Gasteiger partial charge in [0.2, 0.25) is 0 Å². The lowest BCUT2D eigenvalue weighted by Gasteiger charge is -2.11. The second-order valence-corrected chi connectivity index (χ2v) is 4.46. The maximum absolute atomic E-state index is 11.5. The SMILES string of the molecule is COc1cc(OC)cc(Oc2ccc(N)c(C(C)=O)c2)c1. The summed E-state index contributed by atoms with van der Waals surface area (Å²) in [6, 6.07) is 10.2. The zero-order chi connectivity index (χ0) is 15.4. The fourth-order valence-electron chi connectivity index (χ4n) is 1.88. The number of ether oxygens (including phenoxy) is 3. The van der Waals surface area contributed by atoms with Crippen molar-refractivity contribution in [3.8, 4) is 23.0 Å². The van der Waals surface area contributed by atoms with Crippen molar-refractivity contribution in [2.75, 3.05) is 20.0 Å². The highest BCUT2D eigenvalue weighted by Gasteiger charge is 2.09. The Morgan fingerprint density at radius 2 is 1.48 bits per heavy atom. The smallest absolute Gasteiger partial charge is 0.162 e. The molecule has 0 heterocycles. The van der Waals surface area contributed by atoms with Crippen LogP contribution in [0.4, 0.5) is 5.69 Å². The normalized spacial score (nSPS) is 10.0. The van der Waals surface area contributed by atoms with Crippen molar-refractivity contribution in [2.24, 2.45) is 0 Å². The first-order chi connectivity index (χ1) is 10.0. The third kappa shape index (κ3) is 3.45. The van der Waals surface area contributed by atoms with Crippen LogP contribution in [0.15, 0.2) is 36.4 Å². The molecule has 0 bridgehead atoms. The van der Waals surface area contributed by atoms with Gasteiger partial charge in [-0.25, -0.2) is 0 Å². The number of ketones is 1. The summed E-state index contributed by atoms with van der Waals surface area (Å²) in [5.41, 5.74) is 6.62. The molecule has 0 unspecified atom stereocenters. The van der Waals surface area contributed by atoms with Gasteiger partial charge < -0.3 is 19.9 Å². The summed E-state index contributed by atoms with van der Waals surface area (Å²) in [6.07, 6.45) is 0. The highest BCUT2D eigenvalue weighted by molar-refractivity contribution is 5.99. The number of Topliss-reactive ketones (excluding diaryl/α,β-unsaturated/α-hetero) is 1. The number of benzene rings is 2. The predicted molar refractivity (Wildman–Crippen MR) is 80.5 cm³/mol. The first-order valence-corrected chi connectivity index (χ1v) is 6.35. The number of hydrogen-bond acceptors (Lipinski definition) is 5. The lowest BCUT2D eigenvalue weighted by atomic mass is 10.1. The monoisotopic (exact) mass is 287 g/mol. The van der Waals surface area contributed by atoms with E-state index in [1.165, 1.54) is 6.92 Å². The van der Waals surface area contributed by atoms with E-state index >= 15 is 0 Å². The summed E-state index contributed by atoms with van der Waals surface area (Å²) in [6.45, 7) is 1.46. The van der Waals surface area contributed by atoms with Crippen LogP contribution in [0.2, 0.25) is 0 Å². The number of anilines is 1. The number of rotatable bonds is 5. The molecule has 2 rings (SSSR count). The van der Waals surface area contributed by atoms with Crippen LogP contribution in [-0.2, 0) is 0 Å². The van der Waals surface area contributed by atoms with E-state index in [2.05, 4.69) is 0 Å². The van der Waals surface area contributed by atoms with Crippen molar-refractivity contribution in [1.29, 1.82) is 0 Å². The van der Waals surface area contributed by atoms with E-state index in [0.717, 1.165) is 0 Å². The standard InChI is InChI=1S/C16H17NO4/c1-10(18)15-9-11(4-5-16(15)17)21-14-7-12(19-2)6-13(8-14)20-3/h4-9H,17H2,1-3H3. The summed E-state index contributed by atoms with van der Waals surface area (Å²) in [5.74, 6) is 2.19. The average Bonchev–Trinajstić information content (AvgIpc) is 2.48. The Labute approximate surface area is 123 Å². The largest absolute Gasteiger partial charge is 0.496 e. The molecule has 5 heteroatoms. The number of nitrogens with two attached hydrogens (primary N) is 1. The summed E-state index contributed by atoms with van der Waals surface area (Å²) in [7, 11) is 3.13. The topological polar surface area (TPSA) is 70.8 Å². The molecule has 0 radical (unpaired) electrons. The molecule has 2 N–H and O–H groups in total. The molecule has 0 aliphatic heterocycles. The van der Waals surface area contributed by atoms with Crippen LogP contribution in [0.1, 0.15) is 17.3 Å². The van der Waals surface area contributed by atoms with Gasteiger partial charge in [-0.1, -0.05) is 0 Å². The second-order valence-electron chi connectivity index (χ2n) is 4.46. The van der Waals surface area contributed by atoms with Gasteiger partial charge in [0.25, 0.3) is 0 Å². The van der Waals surface area contributed by atoms with Gasteiger partial charge in [0.1, 0.15) is 23.0 Å². The van der Waals surface area contributed by atoms with Gasteiger partial charge in [-0.3, -0.25) is 4.79 Å². The van der Waals surface area contributed by atoms with Crippen LogP contribution in [0.5, 0.6) is 23.0 Å². The molecule has 0 aliphatic carbocycles. The molecular weight excluding hydrogens is 270 g/mol. The molecule has 0 saturated carbocycles. The third-order valence-electron chi connectivity index (χ3n) is 2.96. The first-order valence-electron chi connectivity index (χ1n) is 6.35. The molecule has 0 saturated heterocycles. The highest BCUT2D eigenvalue weighted by Crippen LogP contribution is 2.31. The van der Waals surface area contributed by atoms with Gasteiger partial charge in [-0.15, -0.1) is 0 Å². The highest BCUT2D eigenvalue weighted by atomic mass is 16.5. The second kappa shape index (κ2) is 6.17. The van der Waals surface area contributed by atoms with E-state index in [4.69, 9.17) is 19.9 Å². The van der Waals surface area contributed by atoms with Crippen molar-refractivity contribution < 1.29 is 19.0 Å². The molecule has 0 aromatic heterocycles. The molecule has 0 amide bonds. The molecule has 110 valence electrons. The minimum absolute atomic E-state index is 0.110. The fraction of sp³-hybridized carbons (Fsp3) is 0.188. The van der Waals surface area contributed by atoms with E-state index in [-0.39, 0.29) is 5.78 Å². The van der Waals surface area contributed by atoms with Crippen LogP contribution in [0, 0.1) is 0 Å². The number of carbonyl (C=O) groups excluding carboxylic acids is 1. The van der Waals surface area contributed by atoms with Gasteiger partial charge >= 0.3 is 0 Å². The molecule has 21 heavy (non-hydrogen) atoms. The Morgan fingerprint density at radius 3 is 2.00 bits per heavy atom. The number of nitrogen functional groups attached to an aromatic ring is 1. The molecule has 0 spiro atoms. The van der Waals surface area contributed by atoms with Gasteiger partial charge in [0.05, 0.1) is 14.2 Å². The summed E-state index contributed by atoms with van der Waals surface area (Å²) in [5, 5.41) is 0. The minimum Gasteiger partial charge on any atom is -0.496 e. The summed E-state index contributed by atoms with van der Waals surface area (Å²) >= 11 is 0. The van der Waals surface area contributed by atoms with Gasteiger partial charge in [-0.05, 0) is 25.1 Å². The molecule has 2 aromatic rings. The Hall–Kier alpha value is -2.69. The quantitative estimate of drug-likeness (QED) is 0.675. The molecule has 0 fully saturated rings. The maximum atomic E-state index is 11.5. The maximum Gasteiger partial charge on any atom is 0.162 e. The molecule has 0 aliphatic rings. The van der Waals surface area contributed by atoms with Gasteiger partial charge in [0, 0.05) is 29.4 Å². The van der Waals surface area contributed by atoms with Crippen LogP contribution in [-0.4, -0.2) is 20.0 Å². The van der Waals surface area contributed by atoms with Crippen molar-refractivity contribution >= 4 is 11.5 Å². The molecule has 0 atom stereocenters. The van der Waals surface area contributed by atoms with Crippen LogP contribution >= 0.6 is 0 Å². The van der Waals surface area contributed by atoms with E-state index in [1.807, 2.05) is 0 Å². The Kier molecular flexibility index (Phi) is 4.33. The number of carbonyl (C=O) groups is 1. The zero-order valence-corrected chi connectivity index (χ0v) is 12.2. The number of hydrogen-bond donors (Lipinski definition) is 1. The molecular formula is C16H17NO4. The van der Waals surface area contributed by atoms with E-state index in [1.54, 1.807) is 50.6 Å². The van der Waals surface area contributed by atoms with E-state index in [9.17, 15) is 4.79 Å². The average molecular weight is 287 g/mol. The van der Waals surface area contributed by atoms with Crippen molar-refractivity contribution in [2.45, 2.75) is 6.92 Å². The van der Waals surface area contributed by atoms with E-state index < -0.39 is 0 Å². The van der Waals surface area contributed by atoms with Gasteiger partial charge in [-0.2, -0.15) is 0 Å². The van der Waals surface area contributed by atoms with Crippen molar-refractivity contribution in [1.82, 2.24) is 0 Å². The first kappa shape index (κ1) is 14.7.